The first-order valence-electron chi connectivity index (χ1n) is 10.4. The van der Waals surface area contributed by atoms with Crippen molar-refractivity contribution in [2.45, 2.75) is 117 Å². The number of rotatable bonds is 18. The second kappa shape index (κ2) is 20.0. The van der Waals surface area contributed by atoms with Crippen molar-refractivity contribution in [1.82, 2.24) is 0 Å². The second-order valence-corrected chi connectivity index (χ2v) is 9.83. The second-order valence-electron chi connectivity index (χ2n) is 7.24. The predicted octanol–water partition coefficient (Wildman–Crippen LogP) is 7.54. The molecule has 0 spiro atoms. The van der Waals surface area contributed by atoms with E-state index in [1.54, 1.807) is 0 Å². The maximum atomic E-state index is 12.1. The van der Waals surface area contributed by atoms with Gasteiger partial charge in [0.05, 0.1) is 0 Å². The van der Waals surface area contributed by atoms with Crippen molar-refractivity contribution in [2.24, 2.45) is 0 Å². The quantitative estimate of drug-likeness (QED) is 0.189. The van der Waals surface area contributed by atoms with E-state index in [0.29, 0.717) is 12.3 Å². The van der Waals surface area contributed by atoms with Crippen molar-refractivity contribution in [3.8, 4) is 0 Å². The molecule has 0 aliphatic carbocycles. The molecule has 0 aliphatic rings. The SMILES string of the molecule is CCCCCCCCCCP(=O)(O)CCCCCCCCCC.[Co]. The third kappa shape index (κ3) is 20.7. The van der Waals surface area contributed by atoms with Crippen LogP contribution in [0.1, 0.15) is 117 Å². The van der Waals surface area contributed by atoms with Gasteiger partial charge in [-0.15, -0.1) is 0 Å². The predicted molar refractivity (Wildman–Crippen MR) is 105 cm³/mol. The molecule has 0 aromatic heterocycles. The zero-order valence-corrected chi connectivity index (χ0v) is 18.3. The molecule has 24 heavy (non-hydrogen) atoms. The van der Waals surface area contributed by atoms with Gasteiger partial charge in [-0.05, 0) is 12.8 Å². The van der Waals surface area contributed by atoms with Gasteiger partial charge in [0.15, 0.2) is 0 Å². The molecule has 0 rings (SSSR count). The topological polar surface area (TPSA) is 37.3 Å². The van der Waals surface area contributed by atoms with Gasteiger partial charge in [0, 0.05) is 29.1 Å². The molecule has 0 saturated heterocycles. The van der Waals surface area contributed by atoms with E-state index in [2.05, 4.69) is 13.8 Å². The molecular weight excluding hydrogens is 362 g/mol. The molecule has 0 bridgehead atoms. The Balaban J connectivity index is 0. The van der Waals surface area contributed by atoms with Gasteiger partial charge in [-0.1, -0.05) is 104 Å². The van der Waals surface area contributed by atoms with Crippen molar-refractivity contribution in [3.63, 3.8) is 0 Å². The van der Waals surface area contributed by atoms with Crippen LogP contribution in [0.3, 0.4) is 0 Å². The van der Waals surface area contributed by atoms with Crippen LogP contribution < -0.4 is 0 Å². The minimum atomic E-state index is -2.82. The Morgan fingerprint density at radius 1 is 0.542 bits per heavy atom. The Kier molecular flexibility index (Phi) is 22.4. The van der Waals surface area contributed by atoms with Crippen molar-refractivity contribution >= 4 is 7.37 Å². The molecule has 4 heteroatoms. The summed E-state index contributed by atoms with van der Waals surface area (Å²) in [7, 11) is -2.82. The van der Waals surface area contributed by atoms with Crippen LogP contribution in [0.15, 0.2) is 0 Å². The average molecular weight is 405 g/mol. The average Bonchev–Trinajstić information content (AvgIpc) is 2.52. The first-order valence-corrected chi connectivity index (χ1v) is 12.5. The molecule has 0 unspecified atom stereocenters. The molecule has 1 radical (unpaired) electrons. The normalized spacial score (nSPS) is 11.5. The van der Waals surface area contributed by atoms with E-state index in [9.17, 15) is 9.46 Å². The first-order chi connectivity index (χ1) is 11.1. The monoisotopic (exact) mass is 405 g/mol. The first kappa shape index (κ1) is 26.9. The summed E-state index contributed by atoms with van der Waals surface area (Å²) in [5.41, 5.74) is 0. The fourth-order valence-corrected chi connectivity index (χ4v) is 4.76. The van der Waals surface area contributed by atoms with Crippen LogP contribution in [0.2, 0.25) is 0 Å². The number of unbranched alkanes of at least 4 members (excludes halogenated alkanes) is 14. The Labute approximate surface area is 162 Å². The zero-order valence-electron chi connectivity index (χ0n) is 16.4. The van der Waals surface area contributed by atoms with Crippen LogP contribution in [-0.4, -0.2) is 17.2 Å². The summed E-state index contributed by atoms with van der Waals surface area (Å²) < 4.78 is 12.1. The summed E-state index contributed by atoms with van der Waals surface area (Å²) in [6.07, 6.45) is 21.0. The minimum absolute atomic E-state index is 0. The zero-order chi connectivity index (χ0) is 17.2. The maximum absolute atomic E-state index is 12.1. The van der Waals surface area contributed by atoms with E-state index in [0.717, 1.165) is 25.7 Å². The van der Waals surface area contributed by atoms with E-state index < -0.39 is 7.37 Å². The van der Waals surface area contributed by atoms with Gasteiger partial charge in [-0.25, -0.2) is 0 Å². The molecule has 0 atom stereocenters. The van der Waals surface area contributed by atoms with E-state index in [1.165, 1.54) is 77.0 Å². The largest absolute Gasteiger partial charge is 0.344 e. The Hall–Kier alpha value is 0.696. The van der Waals surface area contributed by atoms with Gasteiger partial charge in [0.1, 0.15) is 0 Å². The molecule has 1 N–H and O–H groups in total. The molecular formula is C20H43CoO2P. The molecule has 0 saturated carbocycles. The Morgan fingerprint density at radius 2 is 0.792 bits per heavy atom. The maximum Gasteiger partial charge on any atom is 0.200 e. The van der Waals surface area contributed by atoms with Gasteiger partial charge in [0.2, 0.25) is 7.37 Å². The molecule has 0 aliphatic heterocycles. The summed E-state index contributed by atoms with van der Waals surface area (Å²) in [6, 6.07) is 0. The Bertz CT molecular complexity index is 261. The van der Waals surface area contributed by atoms with E-state index in [-0.39, 0.29) is 16.8 Å². The van der Waals surface area contributed by atoms with Gasteiger partial charge in [0.25, 0.3) is 0 Å². The van der Waals surface area contributed by atoms with Crippen molar-refractivity contribution < 1.29 is 26.2 Å². The molecule has 149 valence electrons. The van der Waals surface area contributed by atoms with Gasteiger partial charge in [-0.2, -0.15) is 0 Å². The van der Waals surface area contributed by atoms with E-state index in [1.807, 2.05) is 0 Å². The molecule has 0 aromatic carbocycles. The van der Waals surface area contributed by atoms with Gasteiger partial charge >= 0.3 is 0 Å². The van der Waals surface area contributed by atoms with Gasteiger partial charge in [-0.3, -0.25) is 4.57 Å². The van der Waals surface area contributed by atoms with Crippen LogP contribution >= 0.6 is 7.37 Å². The fourth-order valence-electron chi connectivity index (χ4n) is 3.10. The molecule has 0 fully saturated rings. The third-order valence-corrected chi connectivity index (χ3v) is 6.75. The summed E-state index contributed by atoms with van der Waals surface area (Å²) in [5.74, 6) is 0. The van der Waals surface area contributed by atoms with Crippen LogP contribution in [0.25, 0.3) is 0 Å². The molecule has 0 aromatic rings. The third-order valence-electron chi connectivity index (χ3n) is 4.72. The van der Waals surface area contributed by atoms with Gasteiger partial charge < -0.3 is 4.89 Å². The fraction of sp³-hybridized carbons (Fsp3) is 1.00. The summed E-state index contributed by atoms with van der Waals surface area (Å²) >= 11 is 0. The van der Waals surface area contributed by atoms with Crippen molar-refractivity contribution in [3.05, 3.63) is 0 Å². The van der Waals surface area contributed by atoms with E-state index >= 15 is 0 Å². The summed E-state index contributed by atoms with van der Waals surface area (Å²) in [5, 5.41) is 0. The standard InChI is InChI=1S/C20H43O2P.Co/c1-3-5-7-9-11-13-15-17-19-23(21,22)20-18-16-14-12-10-8-6-4-2;/h3-20H2,1-2H3,(H,21,22);. The minimum Gasteiger partial charge on any atom is -0.344 e. The van der Waals surface area contributed by atoms with Crippen LogP contribution in [-0.2, 0) is 21.3 Å². The van der Waals surface area contributed by atoms with E-state index in [4.69, 9.17) is 0 Å². The summed E-state index contributed by atoms with van der Waals surface area (Å²) in [6.45, 7) is 4.48. The van der Waals surface area contributed by atoms with Crippen LogP contribution in [0, 0.1) is 0 Å². The smallest absolute Gasteiger partial charge is 0.200 e. The van der Waals surface area contributed by atoms with Crippen molar-refractivity contribution in [1.29, 1.82) is 0 Å². The Morgan fingerprint density at radius 3 is 1.08 bits per heavy atom. The summed E-state index contributed by atoms with van der Waals surface area (Å²) in [4.78, 5) is 10.0. The number of hydrogen-bond acceptors (Lipinski definition) is 1. The molecule has 0 amide bonds. The van der Waals surface area contributed by atoms with Crippen LogP contribution in [0.5, 0.6) is 0 Å². The molecule has 0 heterocycles. The van der Waals surface area contributed by atoms with Crippen molar-refractivity contribution in [2.75, 3.05) is 12.3 Å². The van der Waals surface area contributed by atoms with Crippen LogP contribution in [0.4, 0.5) is 0 Å². The molecule has 2 nitrogen and oxygen atoms in total. The number of hydrogen-bond donors (Lipinski definition) is 1.